The second kappa shape index (κ2) is 6.75. The van der Waals surface area contributed by atoms with E-state index in [0.717, 1.165) is 11.3 Å². The number of ether oxygens (including phenoxy) is 1. The average molecular weight is 302 g/mol. The number of nitrogens with zero attached hydrogens (tertiary/aromatic N) is 2. The van der Waals surface area contributed by atoms with Gasteiger partial charge in [0, 0.05) is 13.0 Å². The first-order chi connectivity index (χ1) is 10.5. The largest absolute Gasteiger partial charge is 0.497 e. The molecule has 0 unspecified atom stereocenters. The van der Waals surface area contributed by atoms with Crippen molar-refractivity contribution in [2.24, 2.45) is 5.73 Å². The van der Waals surface area contributed by atoms with Crippen molar-refractivity contribution in [2.45, 2.75) is 19.9 Å². The number of benzene rings is 1. The van der Waals surface area contributed by atoms with Gasteiger partial charge < -0.3 is 20.4 Å². The molecule has 0 spiro atoms. The summed E-state index contributed by atoms with van der Waals surface area (Å²) in [6, 6.07) is 7.45. The number of rotatable bonds is 6. The topological polar surface area (TPSA) is 99.2 Å². The summed E-state index contributed by atoms with van der Waals surface area (Å²) in [4.78, 5) is 27.2. The third-order valence-corrected chi connectivity index (χ3v) is 3.14. The van der Waals surface area contributed by atoms with Crippen molar-refractivity contribution in [3.05, 3.63) is 41.9 Å². The monoisotopic (exact) mass is 302 g/mol. The zero-order chi connectivity index (χ0) is 16.1. The van der Waals surface area contributed by atoms with E-state index in [0.29, 0.717) is 13.0 Å². The molecular formula is C15H18N4O3. The lowest BCUT2D eigenvalue weighted by Gasteiger charge is -2.09. The SMILES string of the molecule is CCC(=O)Nc1ncn(Cc2cccc(OC)c2)c1C(N)=O. The van der Waals surface area contributed by atoms with E-state index in [4.69, 9.17) is 10.5 Å². The number of aromatic nitrogens is 2. The number of amides is 2. The standard InChI is InChI=1S/C15H18N4O3/c1-3-12(20)18-15-13(14(16)21)19(9-17-15)8-10-5-4-6-11(7-10)22-2/h4-7,9H,3,8H2,1-2H3,(H2,16,21)(H,18,20). The summed E-state index contributed by atoms with van der Waals surface area (Å²) in [7, 11) is 1.59. The highest BCUT2D eigenvalue weighted by atomic mass is 16.5. The molecule has 1 aromatic carbocycles. The first kappa shape index (κ1) is 15.6. The molecule has 1 aromatic heterocycles. The van der Waals surface area contributed by atoms with E-state index >= 15 is 0 Å². The maximum Gasteiger partial charge on any atom is 0.269 e. The number of imidazole rings is 1. The van der Waals surface area contributed by atoms with Crippen molar-refractivity contribution in [2.75, 3.05) is 12.4 Å². The molecule has 0 saturated heterocycles. The minimum Gasteiger partial charge on any atom is -0.497 e. The van der Waals surface area contributed by atoms with Crippen molar-refractivity contribution in [1.29, 1.82) is 0 Å². The highest BCUT2D eigenvalue weighted by Crippen LogP contribution is 2.18. The molecule has 0 bridgehead atoms. The molecule has 0 aliphatic heterocycles. The van der Waals surface area contributed by atoms with Crippen LogP contribution in [0.25, 0.3) is 0 Å². The van der Waals surface area contributed by atoms with Crippen LogP contribution in [-0.2, 0) is 11.3 Å². The summed E-state index contributed by atoms with van der Waals surface area (Å²) < 4.78 is 6.77. The first-order valence-electron chi connectivity index (χ1n) is 6.82. The summed E-state index contributed by atoms with van der Waals surface area (Å²) in [6.45, 7) is 2.11. The van der Waals surface area contributed by atoms with Gasteiger partial charge in [-0.05, 0) is 17.7 Å². The van der Waals surface area contributed by atoms with Crippen LogP contribution in [-0.4, -0.2) is 28.5 Å². The molecule has 3 N–H and O–H groups in total. The molecule has 2 rings (SSSR count). The Bertz CT molecular complexity index is 694. The van der Waals surface area contributed by atoms with Gasteiger partial charge in [0.1, 0.15) is 5.75 Å². The summed E-state index contributed by atoms with van der Waals surface area (Å²) in [5.41, 5.74) is 6.51. The second-order valence-electron chi connectivity index (χ2n) is 4.69. The zero-order valence-corrected chi connectivity index (χ0v) is 12.5. The van der Waals surface area contributed by atoms with E-state index < -0.39 is 5.91 Å². The lowest BCUT2D eigenvalue weighted by atomic mass is 10.2. The van der Waals surface area contributed by atoms with Crippen molar-refractivity contribution < 1.29 is 14.3 Å². The second-order valence-corrected chi connectivity index (χ2v) is 4.69. The molecule has 2 amide bonds. The smallest absolute Gasteiger partial charge is 0.269 e. The zero-order valence-electron chi connectivity index (χ0n) is 12.5. The molecule has 0 radical (unpaired) electrons. The van der Waals surface area contributed by atoms with Gasteiger partial charge in [0.05, 0.1) is 13.4 Å². The maximum absolute atomic E-state index is 11.7. The number of anilines is 1. The van der Waals surface area contributed by atoms with Gasteiger partial charge in [-0.1, -0.05) is 19.1 Å². The van der Waals surface area contributed by atoms with Crippen LogP contribution in [0.4, 0.5) is 5.82 Å². The van der Waals surface area contributed by atoms with Gasteiger partial charge in [-0.15, -0.1) is 0 Å². The summed E-state index contributed by atoms with van der Waals surface area (Å²) in [5, 5.41) is 2.57. The molecule has 2 aromatic rings. The number of primary amides is 1. The third kappa shape index (κ3) is 3.43. The minimum atomic E-state index is -0.646. The lowest BCUT2D eigenvalue weighted by molar-refractivity contribution is -0.115. The van der Waals surface area contributed by atoms with Crippen LogP contribution in [0.1, 0.15) is 29.4 Å². The molecule has 7 nitrogen and oxygen atoms in total. The first-order valence-corrected chi connectivity index (χ1v) is 6.82. The quantitative estimate of drug-likeness (QED) is 0.842. The van der Waals surface area contributed by atoms with Crippen molar-refractivity contribution in [3.63, 3.8) is 0 Å². The molecule has 0 fully saturated rings. The Kier molecular flexibility index (Phi) is 4.77. The van der Waals surface area contributed by atoms with Gasteiger partial charge in [0.2, 0.25) is 5.91 Å². The molecule has 0 atom stereocenters. The van der Waals surface area contributed by atoms with Gasteiger partial charge in [-0.2, -0.15) is 0 Å². The summed E-state index contributed by atoms with van der Waals surface area (Å²) in [5.74, 6) is 0.0286. The van der Waals surface area contributed by atoms with E-state index in [-0.39, 0.29) is 17.4 Å². The summed E-state index contributed by atoms with van der Waals surface area (Å²) >= 11 is 0. The molecule has 0 aliphatic rings. The Hall–Kier alpha value is -2.83. The predicted molar refractivity (Wildman–Crippen MR) is 81.8 cm³/mol. The van der Waals surface area contributed by atoms with Crippen LogP contribution in [0.3, 0.4) is 0 Å². The number of carbonyl (C=O) groups excluding carboxylic acids is 2. The van der Waals surface area contributed by atoms with Crippen LogP contribution in [0.2, 0.25) is 0 Å². The van der Waals surface area contributed by atoms with Gasteiger partial charge in [0.25, 0.3) is 5.91 Å². The fourth-order valence-electron chi connectivity index (χ4n) is 2.04. The van der Waals surface area contributed by atoms with Gasteiger partial charge >= 0.3 is 0 Å². The molecule has 0 saturated carbocycles. The van der Waals surface area contributed by atoms with E-state index in [9.17, 15) is 9.59 Å². The van der Waals surface area contributed by atoms with E-state index in [1.807, 2.05) is 24.3 Å². The van der Waals surface area contributed by atoms with Crippen LogP contribution >= 0.6 is 0 Å². The Morgan fingerprint density at radius 2 is 2.18 bits per heavy atom. The number of nitrogens with two attached hydrogens (primary N) is 1. The third-order valence-electron chi connectivity index (χ3n) is 3.14. The van der Waals surface area contributed by atoms with Crippen molar-refractivity contribution >= 4 is 17.6 Å². The number of hydrogen-bond acceptors (Lipinski definition) is 4. The molecule has 22 heavy (non-hydrogen) atoms. The Labute approximate surface area is 128 Å². The molecule has 1 heterocycles. The van der Waals surface area contributed by atoms with Crippen molar-refractivity contribution in [1.82, 2.24) is 9.55 Å². The van der Waals surface area contributed by atoms with E-state index in [2.05, 4.69) is 10.3 Å². The van der Waals surface area contributed by atoms with Gasteiger partial charge in [0.15, 0.2) is 11.5 Å². The highest BCUT2D eigenvalue weighted by Gasteiger charge is 2.18. The molecule has 116 valence electrons. The minimum absolute atomic E-state index is 0.171. The van der Waals surface area contributed by atoms with Crippen LogP contribution < -0.4 is 15.8 Å². The molecule has 7 heteroatoms. The fraction of sp³-hybridized carbons (Fsp3) is 0.267. The molecule has 0 aliphatic carbocycles. The van der Waals surface area contributed by atoms with Gasteiger partial charge in [-0.25, -0.2) is 4.98 Å². The average Bonchev–Trinajstić information content (AvgIpc) is 2.89. The lowest BCUT2D eigenvalue weighted by Crippen LogP contribution is -2.21. The van der Waals surface area contributed by atoms with Gasteiger partial charge in [-0.3, -0.25) is 9.59 Å². The van der Waals surface area contributed by atoms with Crippen LogP contribution in [0.15, 0.2) is 30.6 Å². The van der Waals surface area contributed by atoms with Crippen molar-refractivity contribution in [3.8, 4) is 5.75 Å². The summed E-state index contributed by atoms with van der Waals surface area (Å²) in [6.07, 6.45) is 1.77. The van der Waals surface area contributed by atoms with Crippen LogP contribution in [0.5, 0.6) is 5.75 Å². The number of methoxy groups -OCH3 is 1. The van der Waals surface area contributed by atoms with E-state index in [1.165, 1.54) is 6.33 Å². The van der Waals surface area contributed by atoms with Crippen LogP contribution in [0, 0.1) is 0 Å². The maximum atomic E-state index is 11.7. The Morgan fingerprint density at radius 1 is 1.41 bits per heavy atom. The molecular weight excluding hydrogens is 284 g/mol. The normalized spacial score (nSPS) is 10.3. The van der Waals surface area contributed by atoms with E-state index in [1.54, 1.807) is 18.6 Å². The number of carbonyl (C=O) groups is 2. The fourth-order valence-corrected chi connectivity index (χ4v) is 2.04. The number of hydrogen-bond donors (Lipinski definition) is 2. The Morgan fingerprint density at radius 3 is 2.82 bits per heavy atom. The number of nitrogens with one attached hydrogen (secondary N) is 1. The predicted octanol–water partition coefficient (Wildman–Crippen LogP) is 1.39. The Balaban J connectivity index is 2.30. The highest BCUT2D eigenvalue weighted by molar-refractivity contribution is 6.00.